The Morgan fingerprint density at radius 1 is 1.12 bits per heavy atom. The molecule has 132 valence electrons. The predicted octanol–water partition coefficient (Wildman–Crippen LogP) is 3.79. The minimum Gasteiger partial charge on any atom is -0.480 e. The number of carbonyl (C=O) groups is 2. The normalized spacial score (nSPS) is 12.0. The Labute approximate surface area is 152 Å². The predicted molar refractivity (Wildman–Crippen MR) is 98.9 cm³/mol. The topological polar surface area (TPSA) is 78.4 Å². The molecule has 0 aromatic heterocycles. The van der Waals surface area contributed by atoms with Crippen LogP contribution < -0.4 is 10.6 Å². The smallest absolute Gasteiger partial charge is 0.320 e. The lowest BCUT2D eigenvalue weighted by Gasteiger charge is -2.18. The molecule has 25 heavy (non-hydrogen) atoms. The maximum Gasteiger partial charge on any atom is 0.320 e. The summed E-state index contributed by atoms with van der Waals surface area (Å²) in [6.07, 6.45) is 0. The Morgan fingerprint density at radius 3 is 2.48 bits per heavy atom. The van der Waals surface area contributed by atoms with Crippen LogP contribution in [0.5, 0.6) is 0 Å². The molecule has 0 aliphatic rings. The lowest BCUT2D eigenvalue weighted by Crippen LogP contribution is -2.40. The number of halogens is 1. The third-order valence-corrected chi connectivity index (χ3v) is 4.09. The van der Waals surface area contributed by atoms with E-state index < -0.39 is 12.0 Å². The van der Waals surface area contributed by atoms with E-state index >= 15 is 0 Å². The highest BCUT2D eigenvalue weighted by Crippen LogP contribution is 2.18. The quantitative estimate of drug-likeness (QED) is 0.702. The van der Waals surface area contributed by atoms with E-state index in [9.17, 15) is 14.7 Å². The average molecular weight is 361 g/mol. The van der Waals surface area contributed by atoms with E-state index in [1.54, 1.807) is 36.4 Å². The van der Waals surface area contributed by atoms with E-state index in [0.29, 0.717) is 22.8 Å². The molecule has 0 unspecified atom stereocenters. The Kier molecular flexibility index (Phi) is 6.56. The van der Waals surface area contributed by atoms with Gasteiger partial charge in [-0.2, -0.15) is 0 Å². The summed E-state index contributed by atoms with van der Waals surface area (Å²) in [4.78, 5) is 23.5. The fourth-order valence-electron chi connectivity index (χ4n) is 2.44. The van der Waals surface area contributed by atoms with Crippen LogP contribution in [0.4, 0.5) is 5.69 Å². The number of hydrogen-bond acceptors (Lipinski definition) is 3. The second kappa shape index (κ2) is 8.65. The number of carboxylic acids is 1. The van der Waals surface area contributed by atoms with E-state index in [1.165, 1.54) is 0 Å². The van der Waals surface area contributed by atoms with Crippen LogP contribution in [0.1, 0.15) is 29.8 Å². The number of rotatable bonds is 7. The van der Waals surface area contributed by atoms with Gasteiger partial charge in [-0.05, 0) is 35.7 Å². The molecule has 1 atom stereocenters. The van der Waals surface area contributed by atoms with E-state index in [0.717, 1.165) is 5.56 Å². The van der Waals surface area contributed by atoms with Crippen molar-refractivity contribution in [1.29, 1.82) is 0 Å². The number of anilines is 1. The van der Waals surface area contributed by atoms with Crippen LogP contribution in [0.3, 0.4) is 0 Å². The highest BCUT2D eigenvalue weighted by atomic mass is 35.5. The summed E-state index contributed by atoms with van der Waals surface area (Å²) >= 11 is 6.03. The van der Waals surface area contributed by atoms with Crippen molar-refractivity contribution in [2.24, 2.45) is 5.92 Å². The van der Waals surface area contributed by atoms with Crippen molar-refractivity contribution in [3.8, 4) is 0 Å². The number of nitrogens with one attached hydrogen (secondary N) is 2. The summed E-state index contributed by atoms with van der Waals surface area (Å²) in [7, 11) is 0. The van der Waals surface area contributed by atoms with Gasteiger partial charge in [-0.25, -0.2) is 0 Å². The van der Waals surface area contributed by atoms with Gasteiger partial charge in [0.1, 0.15) is 6.04 Å². The van der Waals surface area contributed by atoms with Crippen LogP contribution in [-0.4, -0.2) is 23.0 Å². The van der Waals surface area contributed by atoms with Gasteiger partial charge in [0.05, 0.1) is 10.6 Å². The van der Waals surface area contributed by atoms with Crippen LogP contribution in [0.2, 0.25) is 5.02 Å². The first kappa shape index (κ1) is 19.0. The third-order valence-electron chi connectivity index (χ3n) is 3.76. The Hall–Kier alpha value is -2.37. The maximum atomic E-state index is 12.3. The molecule has 0 heterocycles. The van der Waals surface area contributed by atoms with Crippen molar-refractivity contribution in [3.63, 3.8) is 0 Å². The van der Waals surface area contributed by atoms with Crippen LogP contribution in [-0.2, 0) is 11.3 Å². The fourth-order valence-corrected chi connectivity index (χ4v) is 2.66. The minimum absolute atomic E-state index is 0.0272. The number of amides is 1. The van der Waals surface area contributed by atoms with Gasteiger partial charge in [-0.15, -0.1) is 0 Å². The van der Waals surface area contributed by atoms with Crippen LogP contribution in [0.15, 0.2) is 48.5 Å². The lowest BCUT2D eigenvalue weighted by molar-refractivity contribution is -0.140. The molecule has 6 heteroatoms. The lowest BCUT2D eigenvalue weighted by atomic mass is 10.0. The highest BCUT2D eigenvalue weighted by molar-refractivity contribution is 6.34. The van der Waals surface area contributed by atoms with Crippen molar-refractivity contribution < 1.29 is 14.7 Å². The first-order valence-corrected chi connectivity index (χ1v) is 8.37. The molecule has 0 saturated carbocycles. The summed E-state index contributed by atoms with van der Waals surface area (Å²) in [5.41, 5.74) is 1.91. The highest BCUT2D eigenvalue weighted by Gasteiger charge is 2.20. The third kappa shape index (κ3) is 5.31. The van der Waals surface area contributed by atoms with Gasteiger partial charge in [-0.1, -0.05) is 49.7 Å². The van der Waals surface area contributed by atoms with E-state index in [1.807, 2.05) is 26.0 Å². The van der Waals surface area contributed by atoms with Gasteiger partial charge in [-0.3, -0.25) is 9.59 Å². The summed E-state index contributed by atoms with van der Waals surface area (Å²) in [5.74, 6) is -1.19. The summed E-state index contributed by atoms with van der Waals surface area (Å²) < 4.78 is 0. The zero-order chi connectivity index (χ0) is 18.4. The first-order valence-electron chi connectivity index (χ1n) is 7.99. The largest absolute Gasteiger partial charge is 0.480 e. The van der Waals surface area contributed by atoms with Gasteiger partial charge >= 0.3 is 5.97 Å². The van der Waals surface area contributed by atoms with Gasteiger partial charge < -0.3 is 15.7 Å². The van der Waals surface area contributed by atoms with Gasteiger partial charge in [0.15, 0.2) is 0 Å². The molecule has 2 aromatic carbocycles. The molecule has 0 bridgehead atoms. The molecular weight excluding hydrogens is 340 g/mol. The Morgan fingerprint density at radius 2 is 1.84 bits per heavy atom. The van der Waals surface area contributed by atoms with Crippen LogP contribution in [0, 0.1) is 5.92 Å². The van der Waals surface area contributed by atoms with Gasteiger partial charge in [0.2, 0.25) is 0 Å². The van der Waals surface area contributed by atoms with Crippen molar-refractivity contribution >= 4 is 29.2 Å². The molecule has 0 saturated heterocycles. The molecule has 3 N–H and O–H groups in total. The molecular formula is C19H21ClN2O3. The van der Waals surface area contributed by atoms with Crippen molar-refractivity contribution in [2.45, 2.75) is 26.4 Å². The molecule has 1 amide bonds. The first-order chi connectivity index (χ1) is 11.9. The fraction of sp³-hybridized carbons (Fsp3) is 0.263. The maximum absolute atomic E-state index is 12.3. The van der Waals surface area contributed by atoms with E-state index in [4.69, 9.17) is 11.6 Å². The molecule has 2 rings (SSSR count). The summed E-state index contributed by atoms with van der Waals surface area (Å²) in [5, 5.41) is 15.4. The zero-order valence-electron chi connectivity index (χ0n) is 14.1. The molecule has 2 aromatic rings. The second-order valence-electron chi connectivity index (χ2n) is 6.08. The molecule has 0 radical (unpaired) electrons. The molecule has 0 aliphatic heterocycles. The summed E-state index contributed by atoms with van der Waals surface area (Å²) in [6.45, 7) is 4.10. The molecule has 0 fully saturated rings. The number of carbonyl (C=O) groups excluding carboxylic acids is 1. The Balaban J connectivity index is 2.05. The van der Waals surface area contributed by atoms with Crippen molar-refractivity contribution in [3.05, 3.63) is 64.7 Å². The molecule has 0 spiro atoms. The number of aliphatic carboxylic acids is 1. The summed E-state index contributed by atoms with van der Waals surface area (Å²) in [6, 6.07) is 13.5. The Bertz CT molecular complexity index is 762. The number of benzene rings is 2. The van der Waals surface area contributed by atoms with Crippen molar-refractivity contribution in [1.82, 2.24) is 5.32 Å². The number of carboxylic acid groups (broad SMARTS) is 1. The van der Waals surface area contributed by atoms with Gasteiger partial charge in [0, 0.05) is 12.2 Å². The SMILES string of the molecule is CC(C)[C@H](NCc1cccc(NC(=O)c2ccccc2Cl)c1)C(=O)O. The minimum atomic E-state index is -0.877. The van der Waals surface area contributed by atoms with E-state index in [2.05, 4.69) is 10.6 Å². The van der Waals surface area contributed by atoms with Crippen LogP contribution in [0.25, 0.3) is 0 Å². The monoisotopic (exact) mass is 360 g/mol. The molecule has 0 aliphatic carbocycles. The van der Waals surface area contributed by atoms with Gasteiger partial charge in [0.25, 0.3) is 5.91 Å². The zero-order valence-corrected chi connectivity index (χ0v) is 14.9. The standard InChI is InChI=1S/C19H21ClN2O3/c1-12(2)17(19(24)25)21-11-13-6-5-7-14(10-13)22-18(23)15-8-3-4-9-16(15)20/h3-10,12,17,21H,11H2,1-2H3,(H,22,23)(H,24,25)/t17-/m0/s1. The molecule has 5 nitrogen and oxygen atoms in total. The van der Waals surface area contributed by atoms with E-state index in [-0.39, 0.29) is 11.8 Å². The second-order valence-corrected chi connectivity index (χ2v) is 6.48. The number of hydrogen-bond donors (Lipinski definition) is 3. The van der Waals surface area contributed by atoms with Crippen LogP contribution >= 0.6 is 11.6 Å². The van der Waals surface area contributed by atoms with Crippen molar-refractivity contribution in [2.75, 3.05) is 5.32 Å². The average Bonchev–Trinajstić information content (AvgIpc) is 2.55.